The number of benzene rings is 2. The standard InChI is InChI=1S/C24H26N2O5/c1-14-11-17-12-16(7-8-19(17)31-14)22(28)20-21(15-5-4-6-18(27)13-15)26(10-9-25(2)3)24(30)23(20)29/h4-8,12-14,21,27-28H,9-11H2,1-3H3/p+1/t14-,21+/m0/s1. The molecule has 0 radical (unpaired) electrons. The lowest BCUT2D eigenvalue weighted by Crippen LogP contribution is -3.06. The third-order valence-electron chi connectivity index (χ3n) is 5.75. The first kappa shape index (κ1) is 20.9. The number of aliphatic hydroxyl groups excluding tert-OH is 1. The van der Waals surface area contributed by atoms with Gasteiger partial charge in [-0.2, -0.15) is 0 Å². The fourth-order valence-corrected chi connectivity index (χ4v) is 4.22. The lowest BCUT2D eigenvalue weighted by atomic mass is 9.94. The van der Waals surface area contributed by atoms with Crippen LogP contribution < -0.4 is 9.64 Å². The largest absolute Gasteiger partial charge is 0.508 e. The lowest BCUT2D eigenvalue weighted by molar-refractivity contribution is -0.857. The van der Waals surface area contributed by atoms with E-state index in [1.807, 2.05) is 27.1 Å². The summed E-state index contributed by atoms with van der Waals surface area (Å²) < 4.78 is 5.72. The maximum atomic E-state index is 13.0. The minimum absolute atomic E-state index is 0.0324. The molecular formula is C24H27N2O5+. The predicted molar refractivity (Wildman–Crippen MR) is 115 cm³/mol. The Labute approximate surface area is 181 Å². The summed E-state index contributed by atoms with van der Waals surface area (Å²) in [4.78, 5) is 28.5. The van der Waals surface area contributed by atoms with Crippen LogP contribution in [0.5, 0.6) is 11.5 Å². The molecular weight excluding hydrogens is 396 g/mol. The van der Waals surface area contributed by atoms with Crippen LogP contribution in [0.4, 0.5) is 0 Å². The van der Waals surface area contributed by atoms with Crippen molar-refractivity contribution in [2.45, 2.75) is 25.5 Å². The summed E-state index contributed by atoms with van der Waals surface area (Å²) in [6, 6.07) is 11.0. The number of nitrogens with zero attached hydrogens (tertiary/aromatic N) is 1. The topological polar surface area (TPSA) is 91.5 Å². The predicted octanol–water partition coefficient (Wildman–Crippen LogP) is 1.28. The molecule has 4 rings (SSSR count). The van der Waals surface area contributed by atoms with E-state index >= 15 is 0 Å². The van der Waals surface area contributed by atoms with Gasteiger partial charge in [0.2, 0.25) is 0 Å². The van der Waals surface area contributed by atoms with E-state index in [-0.39, 0.29) is 23.2 Å². The Morgan fingerprint density at radius 2 is 1.97 bits per heavy atom. The van der Waals surface area contributed by atoms with Gasteiger partial charge in [0.05, 0.1) is 38.8 Å². The Morgan fingerprint density at radius 3 is 2.68 bits per heavy atom. The maximum absolute atomic E-state index is 13.0. The molecule has 2 atom stereocenters. The number of amides is 1. The smallest absolute Gasteiger partial charge is 0.295 e. The molecule has 162 valence electrons. The number of likely N-dealkylation sites (N-methyl/N-ethyl adjacent to an activating group) is 1. The highest BCUT2D eigenvalue weighted by molar-refractivity contribution is 6.46. The van der Waals surface area contributed by atoms with Crippen LogP contribution in [-0.4, -0.2) is 60.1 Å². The van der Waals surface area contributed by atoms with E-state index in [1.54, 1.807) is 24.3 Å². The number of ether oxygens (including phenoxy) is 1. The Hall–Kier alpha value is -3.32. The number of carbonyl (C=O) groups excluding carboxylic acids is 2. The van der Waals surface area contributed by atoms with E-state index in [0.29, 0.717) is 30.6 Å². The van der Waals surface area contributed by atoms with Crippen LogP contribution in [0.2, 0.25) is 0 Å². The molecule has 2 aliphatic rings. The molecule has 3 N–H and O–H groups in total. The number of carbonyl (C=O) groups is 2. The van der Waals surface area contributed by atoms with Gasteiger partial charge in [0.25, 0.3) is 11.7 Å². The van der Waals surface area contributed by atoms with Crippen LogP contribution in [0.15, 0.2) is 48.0 Å². The number of quaternary nitrogens is 1. The molecule has 0 bridgehead atoms. The van der Waals surface area contributed by atoms with Gasteiger partial charge in [0.1, 0.15) is 23.4 Å². The number of ketones is 1. The van der Waals surface area contributed by atoms with Crippen molar-refractivity contribution in [3.63, 3.8) is 0 Å². The first-order chi connectivity index (χ1) is 14.8. The molecule has 1 fully saturated rings. The summed E-state index contributed by atoms with van der Waals surface area (Å²) in [6.07, 6.45) is 0.769. The molecule has 2 aromatic carbocycles. The number of aliphatic hydroxyl groups is 1. The number of rotatable bonds is 5. The van der Waals surface area contributed by atoms with Crippen molar-refractivity contribution >= 4 is 17.4 Å². The summed E-state index contributed by atoms with van der Waals surface area (Å²) >= 11 is 0. The Morgan fingerprint density at radius 1 is 1.19 bits per heavy atom. The first-order valence-electron chi connectivity index (χ1n) is 10.4. The van der Waals surface area contributed by atoms with Crippen LogP contribution in [0.3, 0.4) is 0 Å². The van der Waals surface area contributed by atoms with E-state index in [1.165, 1.54) is 17.0 Å². The first-order valence-corrected chi connectivity index (χ1v) is 10.4. The minimum atomic E-state index is -0.769. The Kier molecular flexibility index (Phi) is 5.45. The van der Waals surface area contributed by atoms with Crippen LogP contribution >= 0.6 is 0 Å². The fourth-order valence-electron chi connectivity index (χ4n) is 4.22. The molecule has 2 heterocycles. The van der Waals surface area contributed by atoms with Crippen molar-refractivity contribution < 1.29 is 29.4 Å². The average molecular weight is 423 g/mol. The molecule has 1 amide bonds. The Bertz CT molecular complexity index is 1080. The van der Waals surface area contributed by atoms with Gasteiger partial charge in [-0.25, -0.2) is 0 Å². The normalized spacial score (nSPS) is 22.1. The van der Waals surface area contributed by atoms with E-state index in [0.717, 1.165) is 16.2 Å². The van der Waals surface area contributed by atoms with Crippen LogP contribution in [-0.2, 0) is 16.0 Å². The highest BCUT2D eigenvalue weighted by Crippen LogP contribution is 2.41. The Balaban J connectivity index is 1.82. The second-order valence-electron chi connectivity index (χ2n) is 8.50. The quantitative estimate of drug-likeness (QED) is 0.383. The third-order valence-corrected chi connectivity index (χ3v) is 5.75. The van der Waals surface area contributed by atoms with Crippen molar-refractivity contribution in [2.75, 3.05) is 27.2 Å². The van der Waals surface area contributed by atoms with Gasteiger partial charge in [-0.15, -0.1) is 0 Å². The van der Waals surface area contributed by atoms with Gasteiger partial charge in [0.15, 0.2) is 0 Å². The fraction of sp³-hybridized carbons (Fsp3) is 0.333. The van der Waals surface area contributed by atoms with E-state index in [4.69, 9.17) is 4.74 Å². The molecule has 7 nitrogen and oxygen atoms in total. The highest BCUT2D eigenvalue weighted by atomic mass is 16.5. The average Bonchev–Trinajstić information content (AvgIpc) is 3.22. The summed E-state index contributed by atoms with van der Waals surface area (Å²) in [5, 5.41) is 21.2. The van der Waals surface area contributed by atoms with Crippen molar-refractivity contribution in [3.8, 4) is 11.5 Å². The summed E-state index contributed by atoms with van der Waals surface area (Å²) in [6.45, 7) is 2.95. The lowest BCUT2D eigenvalue weighted by Gasteiger charge is -2.25. The number of phenols is 1. The van der Waals surface area contributed by atoms with Gasteiger partial charge in [-0.3, -0.25) is 9.59 Å². The van der Waals surface area contributed by atoms with Crippen molar-refractivity contribution in [1.29, 1.82) is 0 Å². The van der Waals surface area contributed by atoms with Crippen molar-refractivity contribution in [1.82, 2.24) is 4.90 Å². The molecule has 2 aromatic rings. The minimum Gasteiger partial charge on any atom is -0.508 e. The zero-order valence-corrected chi connectivity index (χ0v) is 17.9. The van der Waals surface area contributed by atoms with Crippen LogP contribution in [0.1, 0.15) is 29.7 Å². The van der Waals surface area contributed by atoms with Crippen molar-refractivity contribution in [3.05, 3.63) is 64.7 Å². The van der Waals surface area contributed by atoms with Gasteiger partial charge >= 0.3 is 0 Å². The number of nitrogens with one attached hydrogen (secondary N) is 1. The molecule has 7 heteroatoms. The number of aromatic hydroxyl groups is 1. The van der Waals surface area contributed by atoms with E-state index < -0.39 is 17.7 Å². The molecule has 0 aliphatic carbocycles. The third kappa shape index (κ3) is 3.88. The molecule has 0 spiro atoms. The molecule has 0 saturated carbocycles. The SMILES string of the molecule is C[C@H]1Cc2cc(C(O)=C3C(=O)C(=O)N(CC[NH+](C)C)[C@@H]3c3cccc(O)c3)ccc2O1. The number of phenolic OH excluding ortho intramolecular Hbond substituents is 1. The van der Waals surface area contributed by atoms with Crippen LogP contribution in [0.25, 0.3) is 5.76 Å². The molecule has 31 heavy (non-hydrogen) atoms. The summed E-state index contributed by atoms with van der Waals surface area (Å²) in [5.74, 6) is -0.777. The van der Waals surface area contributed by atoms with Gasteiger partial charge in [-0.1, -0.05) is 12.1 Å². The van der Waals surface area contributed by atoms with E-state index in [2.05, 4.69) is 0 Å². The second kappa shape index (κ2) is 8.07. The highest BCUT2D eigenvalue weighted by Gasteiger charge is 2.46. The number of hydrogen-bond acceptors (Lipinski definition) is 5. The van der Waals surface area contributed by atoms with Crippen LogP contribution in [0, 0.1) is 0 Å². The summed E-state index contributed by atoms with van der Waals surface area (Å²) in [5.41, 5.74) is 2.04. The number of Topliss-reactive ketones (excluding diaryl/α,β-unsaturated/α-hetero) is 1. The van der Waals surface area contributed by atoms with Gasteiger partial charge in [-0.05, 0) is 48.4 Å². The zero-order valence-electron chi connectivity index (χ0n) is 17.9. The number of likely N-dealkylation sites (tertiary alicyclic amines) is 1. The van der Waals surface area contributed by atoms with Gasteiger partial charge in [0, 0.05) is 12.0 Å². The molecule has 2 aliphatic heterocycles. The maximum Gasteiger partial charge on any atom is 0.295 e. The van der Waals surface area contributed by atoms with Gasteiger partial charge < -0.3 is 24.7 Å². The zero-order chi connectivity index (χ0) is 22.3. The molecule has 0 unspecified atom stereocenters. The number of hydrogen-bond donors (Lipinski definition) is 3. The molecule has 0 aromatic heterocycles. The summed E-state index contributed by atoms with van der Waals surface area (Å²) in [7, 11) is 3.93. The number of fused-ring (bicyclic) bond motifs is 1. The van der Waals surface area contributed by atoms with E-state index in [9.17, 15) is 19.8 Å². The molecule has 1 saturated heterocycles. The second-order valence-corrected chi connectivity index (χ2v) is 8.50. The monoisotopic (exact) mass is 423 g/mol. The van der Waals surface area contributed by atoms with Crippen molar-refractivity contribution in [2.24, 2.45) is 0 Å².